The molecule has 2 aromatic carbocycles. The number of anilines is 2. The normalized spacial score (nSPS) is 10.3. The Kier molecular flexibility index (Phi) is 4.54. The lowest BCUT2D eigenvalue weighted by molar-refractivity contribution is 0.262. The fourth-order valence-corrected chi connectivity index (χ4v) is 2.48. The van der Waals surface area contributed by atoms with Gasteiger partial charge in [-0.1, -0.05) is 39.7 Å². The molecule has 1 aromatic heterocycles. The van der Waals surface area contributed by atoms with Crippen molar-refractivity contribution in [1.82, 2.24) is 20.6 Å². The maximum Gasteiger partial charge on any atom is 0.323 e. The van der Waals surface area contributed by atoms with Gasteiger partial charge in [-0.15, -0.1) is 5.10 Å². The van der Waals surface area contributed by atoms with Gasteiger partial charge in [-0.25, -0.2) is 9.89 Å². The van der Waals surface area contributed by atoms with Gasteiger partial charge in [0.2, 0.25) is 0 Å². The first-order valence-corrected chi connectivity index (χ1v) is 7.67. The van der Waals surface area contributed by atoms with Crippen molar-refractivity contribution >= 4 is 44.9 Å². The Morgan fingerprint density at radius 1 is 1.13 bits per heavy atom. The summed E-state index contributed by atoms with van der Waals surface area (Å²) < 4.78 is 0.834. The fourth-order valence-electron chi connectivity index (χ4n) is 1.93. The van der Waals surface area contributed by atoms with Gasteiger partial charge in [0, 0.05) is 10.0 Å². The molecule has 0 bridgehead atoms. The molecular weight excluding hydrogens is 384 g/mol. The molecule has 0 saturated carbocycles. The van der Waals surface area contributed by atoms with E-state index in [1.54, 1.807) is 42.5 Å². The van der Waals surface area contributed by atoms with Crippen LogP contribution in [0.5, 0.6) is 0 Å². The maximum absolute atomic E-state index is 12.2. The second-order valence-corrected chi connectivity index (χ2v) is 5.82. The van der Waals surface area contributed by atoms with E-state index < -0.39 is 6.03 Å². The minimum atomic E-state index is -0.422. The number of hydrogen-bond donors (Lipinski definition) is 3. The minimum absolute atomic E-state index is 0.422. The third kappa shape index (κ3) is 3.66. The predicted molar refractivity (Wildman–Crippen MR) is 91.4 cm³/mol. The van der Waals surface area contributed by atoms with Crippen LogP contribution in [0.1, 0.15) is 0 Å². The van der Waals surface area contributed by atoms with Crippen molar-refractivity contribution < 1.29 is 4.79 Å². The lowest BCUT2D eigenvalue weighted by Crippen LogP contribution is -2.20. The van der Waals surface area contributed by atoms with E-state index in [0.717, 1.165) is 4.47 Å². The van der Waals surface area contributed by atoms with Gasteiger partial charge in [-0.05, 0) is 40.8 Å². The smallest absolute Gasteiger partial charge is 0.307 e. The second kappa shape index (κ2) is 6.76. The number of tetrazole rings is 1. The average Bonchev–Trinajstić information content (AvgIpc) is 3.05. The molecule has 7 nitrogen and oxygen atoms in total. The van der Waals surface area contributed by atoms with Crippen molar-refractivity contribution in [2.75, 3.05) is 10.6 Å². The summed E-state index contributed by atoms with van der Waals surface area (Å²) in [5.41, 5.74) is 1.72. The van der Waals surface area contributed by atoms with E-state index in [2.05, 4.69) is 47.2 Å². The number of aromatic amines is 1. The molecule has 0 fully saturated rings. The molecule has 0 aliphatic heterocycles. The zero-order chi connectivity index (χ0) is 16.2. The van der Waals surface area contributed by atoms with Gasteiger partial charge < -0.3 is 10.6 Å². The molecule has 0 radical (unpaired) electrons. The van der Waals surface area contributed by atoms with Gasteiger partial charge in [0.25, 0.3) is 0 Å². The third-order valence-electron chi connectivity index (χ3n) is 2.95. The number of H-pyrrole nitrogens is 1. The average molecular weight is 394 g/mol. The van der Waals surface area contributed by atoms with Crippen molar-refractivity contribution in [3.63, 3.8) is 0 Å². The summed E-state index contributed by atoms with van der Waals surface area (Å²) in [6.07, 6.45) is 0. The number of halogens is 2. The van der Waals surface area contributed by atoms with Crippen molar-refractivity contribution in [2.24, 2.45) is 0 Å². The zero-order valence-corrected chi connectivity index (χ0v) is 13.9. The fraction of sp³-hybridized carbons (Fsp3) is 0. The number of amides is 2. The van der Waals surface area contributed by atoms with Gasteiger partial charge in [-0.3, -0.25) is 0 Å². The number of nitrogens with one attached hydrogen (secondary N) is 3. The van der Waals surface area contributed by atoms with Crippen LogP contribution >= 0.6 is 27.5 Å². The summed E-state index contributed by atoms with van der Waals surface area (Å²) in [7, 11) is 0. The zero-order valence-electron chi connectivity index (χ0n) is 11.5. The molecule has 2 amide bonds. The quantitative estimate of drug-likeness (QED) is 0.628. The van der Waals surface area contributed by atoms with E-state index in [1.165, 1.54) is 0 Å². The molecule has 3 N–H and O–H groups in total. The highest BCUT2D eigenvalue weighted by Gasteiger charge is 2.13. The van der Waals surface area contributed by atoms with E-state index in [4.69, 9.17) is 11.6 Å². The topological polar surface area (TPSA) is 95.6 Å². The standard InChI is InChI=1S/C14H10BrClN6O/c15-8-5-6-11(9(7-8)13-19-21-22-20-13)17-14(23)18-12-4-2-1-3-10(12)16/h1-7H,(H2,17,18,23)(H,19,20,21,22). The van der Waals surface area contributed by atoms with E-state index in [1.807, 2.05) is 0 Å². The summed E-state index contributed by atoms with van der Waals surface area (Å²) in [4.78, 5) is 12.2. The summed E-state index contributed by atoms with van der Waals surface area (Å²) in [5, 5.41) is 19.5. The predicted octanol–water partition coefficient (Wildman–Crippen LogP) is 3.93. The van der Waals surface area contributed by atoms with E-state index in [0.29, 0.717) is 27.8 Å². The van der Waals surface area contributed by atoms with Crippen LogP contribution in [0.25, 0.3) is 11.4 Å². The second-order valence-electron chi connectivity index (χ2n) is 4.50. The first-order valence-electron chi connectivity index (χ1n) is 6.49. The highest BCUT2D eigenvalue weighted by Crippen LogP contribution is 2.28. The number of nitrogens with zero attached hydrogens (tertiary/aromatic N) is 3. The van der Waals surface area contributed by atoms with Crippen molar-refractivity contribution in [3.8, 4) is 11.4 Å². The Morgan fingerprint density at radius 3 is 2.65 bits per heavy atom. The molecule has 3 rings (SSSR count). The van der Waals surface area contributed by atoms with Gasteiger partial charge in [0.05, 0.1) is 16.4 Å². The molecule has 9 heteroatoms. The largest absolute Gasteiger partial charge is 0.323 e. The third-order valence-corrected chi connectivity index (χ3v) is 3.78. The molecule has 23 heavy (non-hydrogen) atoms. The number of carbonyl (C=O) groups excluding carboxylic acids is 1. The Balaban J connectivity index is 1.83. The minimum Gasteiger partial charge on any atom is -0.307 e. The van der Waals surface area contributed by atoms with Gasteiger partial charge in [-0.2, -0.15) is 0 Å². The molecular formula is C14H10BrClN6O. The Bertz CT molecular complexity index is 839. The first-order chi connectivity index (χ1) is 11.1. The van der Waals surface area contributed by atoms with E-state index in [-0.39, 0.29) is 0 Å². The van der Waals surface area contributed by atoms with Crippen LogP contribution in [-0.2, 0) is 0 Å². The lowest BCUT2D eigenvalue weighted by Gasteiger charge is -2.11. The maximum atomic E-state index is 12.2. The summed E-state index contributed by atoms with van der Waals surface area (Å²) >= 11 is 9.41. The lowest BCUT2D eigenvalue weighted by atomic mass is 10.1. The number of rotatable bonds is 3. The van der Waals surface area contributed by atoms with Crippen LogP contribution in [0.4, 0.5) is 16.2 Å². The van der Waals surface area contributed by atoms with Crippen molar-refractivity contribution in [2.45, 2.75) is 0 Å². The number of carbonyl (C=O) groups is 1. The Hall–Kier alpha value is -2.45. The molecule has 0 spiro atoms. The van der Waals surface area contributed by atoms with Crippen LogP contribution in [0, 0.1) is 0 Å². The highest BCUT2D eigenvalue weighted by atomic mass is 79.9. The molecule has 0 aliphatic rings. The van der Waals surface area contributed by atoms with Crippen molar-refractivity contribution in [3.05, 3.63) is 52.0 Å². The molecule has 1 heterocycles. The van der Waals surface area contributed by atoms with Crippen molar-refractivity contribution in [1.29, 1.82) is 0 Å². The molecule has 0 aliphatic carbocycles. The molecule has 3 aromatic rings. The molecule has 0 atom stereocenters. The Morgan fingerprint density at radius 2 is 1.91 bits per heavy atom. The summed E-state index contributed by atoms with van der Waals surface area (Å²) in [6, 6.07) is 11.9. The first kappa shape index (κ1) is 15.4. The summed E-state index contributed by atoms with van der Waals surface area (Å²) in [5.74, 6) is 0.444. The number of urea groups is 1. The van der Waals surface area contributed by atoms with Crippen LogP contribution in [-0.4, -0.2) is 26.7 Å². The van der Waals surface area contributed by atoms with E-state index in [9.17, 15) is 4.79 Å². The molecule has 0 saturated heterocycles. The molecule has 0 unspecified atom stereocenters. The number of benzene rings is 2. The van der Waals surface area contributed by atoms with Crippen LogP contribution in [0.15, 0.2) is 46.9 Å². The van der Waals surface area contributed by atoms with Crippen LogP contribution < -0.4 is 10.6 Å². The summed E-state index contributed by atoms with van der Waals surface area (Å²) in [6.45, 7) is 0. The van der Waals surface area contributed by atoms with Crippen LogP contribution in [0.3, 0.4) is 0 Å². The van der Waals surface area contributed by atoms with Gasteiger partial charge in [0.15, 0.2) is 5.82 Å². The monoisotopic (exact) mass is 392 g/mol. The number of para-hydroxylation sites is 1. The number of aromatic nitrogens is 4. The molecule has 116 valence electrons. The van der Waals surface area contributed by atoms with Gasteiger partial charge in [0.1, 0.15) is 0 Å². The van der Waals surface area contributed by atoms with Crippen LogP contribution in [0.2, 0.25) is 5.02 Å². The van der Waals surface area contributed by atoms with E-state index >= 15 is 0 Å². The Labute approximate surface area is 144 Å². The number of hydrogen-bond acceptors (Lipinski definition) is 4. The van der Waals surface area contributed by atoms with Gasteiger partial charge >= 0.3 is 6.03 Å². The SMILES string of the molecule is O=C(Nc1ccccc1Cl)Nc1ccc(Br)cc1-c1nnn[nH]1. The highest BCUT2D eigenvalue weighted by molar-refractivity contribution is 9.10.